The molecule has 0 radical (unpaired) electrons. The van der Waals surface area contributed by atoms with Gasteiger partial charge in [-0.15, -0.1) is 0 Å². The van der Waals surface area contributed by atoms with Crippen LogP contribution in [0.5, 0.6) is 11.5 Å². The smallest absolute Gasteiger partial charge is 0.133 e. The highest BCUT2D eigenvalue weighted by atomic mass is 79.9. The summed E-state index contributed by atoms with van der Waals surface area (Å²) < 4.78 is 11.9. The van der Waals surface area contributed by atoms with Crippen molar-refractivity contribution in [3.63, 3.8) is 0 Å². The Balaban J connectivity index is 2.05. The van der Waals surface area contributed by atoms with Crippen molar-refractivity contribution in [2.75, 3.05) is 20.2 Å². The van der Waals surface area contributed by atoms with Crippen LogP contribution in [0.4, 0.5) is 0 Å². The van der Waals surface area contributed by atoms with Crippen LogP contribution in [0.15, 0.2) is 22.7 Å². The second-order valence-electron chi connectivity index (χ2n) is 3.53. The van der Waals surface area contributed by atoms with E-state index in [-0.39, 0.29) is 0 Å². The third kappa shape index (κ3) is 2.63. The van der Waals surface area contributed by atoms with Crippen LogP contribution in [-0.2, 0) is 0 Å². The molecule has 1 aliphatic heterocycles. The van der Waals surface area contributed by atoms with E-state index in [0.29, 0.717) is 6.10 Å². The number of ether oxygens (including phenoxy) is 2. The van der Waals surface area contributed by atoms with E-state index in [1.807, 2.05) is 18.2 Å². The summed E-state index contributed by atoms with van der Waals surface area (Å²) in [6.45, 7) is 1.98. The summed E-state index contributed by atoms with van der Waals surface area (Å²) in [6.07, 6.45) is 1.37. The Bertz CT molecular complexity index is 337. The van der Waals surface area contributed by atoms with E-state index in [1.165, 1.54) is 0 Å². The molecule has 15 heavy (non-hydrogen) atoms. The van der Waals surface area contributed by atoms with Gasteiger partial charge < -0.3 is 14.8 Å². The average molecular weight is 272 g/mol. The Morgan fingerprint density at radius 2 is 2.33 bits per heavy atom. The Kier molecular flexibility index (Phi) is 3.49. The molecule has 1 unspecified atom stereocenters. The Morgan fingerprint density at radius 1 is 1.47 bits per heavy atom. The molecule has 1 aliphatic rings. The number of halogens is 1. The van der Waals surface area contributed by atoms with Gasteiger partial charge in [-0.05, 0) is 47.1 Å². The highest BCUT2D eigenvalue weighted by Crippen LogP contribution is 2.29. The van der Waals surface area contributed by atoms with Crippen molar-refractivity contribution in [1.29, 1.82) is 0 Å². The van der Waals surface area contributed by atoms with Gasteiger partial charge in [0.25, 0.3) is 0 Å². The summed E-state index contributed by atoms with van der Waals surface area (Å²) in [4.78, 5) is 0. The normalized spacial score (nSPS) is 20.3. The monoisotopic (exact) mass is 271 g/mol. The molecule has 0 amide bonds. The number of nitrogens with one attached hydrogen (secondary N) is 1. The quantitative estimate of drug-likeness (QED) is 0.915. The summed E-state index contributed by atoms with van der Waals surface area (Å²) in [6, 6.07) is 5.78. The van der Waals surface area contributed by atoms with Gasteiger partial charge in [-0.2, -0.15) is 0 Å². The fraction of sp³-hybridized carbons (Fsp3) is 0.455. The average Bonchev–Trinajstić information content (AvgIpc) is 2.71. The number of methoxy groups -OCH3 is 1. The molecule has 0 bridgehead atoms. The SMILES string of the molecule is COc1ccc(OC2CCNC2)cc1Br. The fourth-order valence-electron chi connectivity index (χ4n) is 1.64. The maximum atomic E-state index is 5.81. The Morgan fingerprint density at radius 3 is 2.93 bits per heavy atom. The molecule has 82 valence electrons. The summed E-state index contributed by atoms with van der Waals surface area (Å²) in [5.74, 6) is 1.71. The molecule has 0 saturated carbocycles. The Labute approximate surface area is 97.9 Å². The van der Waals surface area contributed by atoms with Crippen LogP contribution in [0.25, 0.3) is 0 Å². The second-order valence-corrected chi connectivity index (χ2v) is 4.38. The predicted octanol–water partition coefficient (Wildman–Crippen LogP) is 2.20. The molecule has 0 spiro atoms. The molecule has 0 aliphatic carbocycles. The number of hydrogen-bond acceptors (Lipinski definition) is 3. The maximum Gasteiger partial charge on any atom is 0.133 e. The third-order valence-electron chi connectivity index (χ3n) is 2.44. The molecule has 4 heteroatoms. The molecule has 1 saturated heterocycles. The zero-order valence-electron chi connectivity index (χ0n) is 8.63. The summed E-state index contributed by atoms with van der Waals surface area (Å²) >= 11 is 3.44. The Hall–Kier alpha value is -0.740. The van der Waals surface area contributed by atoms with Crippen LogP contribution in [-0.4, -0.2) is 26.3 Å². The molecular formula is C11H14BrNO2. The van der Waals surface area contributed by atoms with Gasteiger partial charge in [-0.3, -0.25) is 0 Å². The summed E-state index contributed by atoms with van der Waals surface area (Å²) in [5.41, 5.74) is 0. The van der Waals surface area contributed by atoms with Crippen molar-refractivity contribution in [1.82, 2.24) is 5.32 Å². The van der Waals surface area contributed by atoms with Crippen LogP contribution < -0.4 is 14.8 Å². The van der Waals surface area contributed by atoms with Gasteiger partial charge in [-0.1, -0.05) is 0 Å². The molecule has 1 N–H and O–H groups in total. The maximum absolute atomic E-state index is 5.81. The highest BCUT2D eigenvalue weighted by molar-refractivity contribution is 9.10. The lowest BCUT2D eigenvalue weighted by molar-refractivity contribution is 0.222. The van der Waals surface area contributed by atoms with Crippen LogP contribution >= 0.6 is 15.9 Å². The summed E-state index contributed by atoms with van der Waals surface area (Å²) in [7, 11) is 1.65. The van der Waals surface area contributed by atoms with E-state index in [1.54, 1.807) is 7.11 Å². The predicted molar refractivity (Wildman–Crippen MR) is 62.6 cm³/mol. The van der Waals surface area contributed by atoms with Crippen LogP contribution in [0.2, 0.25) is 0 Å². The standard InChI is InChI=1S/C11H14BrNO2/c1-14-11-3-2-8(6-10(11)12)15-9-4-5-13-7-9/h2-3,6,9,13H,4-5,7H2,1H3. The lowest BCUT2D eigenvalue weighted by Gasteiger charge is -2.13. The largest absolute Gasteiger partial charge is 0.496 e. The van der Waals surface area contributed by atoms with E-state index in [0.717, 1.165) is 35.5 Å². The van der Waals surface area contributed by atoms with E-state index in [4.69, 9.17) is 9.47 Å². The van der Waals surface area contributed by atoms with Crippen LogP contribution in [0, 0.1) is 0 Å². The molecular weight excluding hydrogens is 258 g/mol. The minimum atomic E-state index is 0.297. The van der Waals surface area contributed by atoms with E-state index in [9.17, 15) is 0 Å². The van der Waals surface area contributed by atoms with E-state index >= 15 is 0 Å². The lowest BCUT2D eigenvalue weighted by Crippen LogP contribution is -2.19. The molecule has 1 aromatic rings. The van der Waals surface area contributed by atoms with Gasteiger partial charge in [0.2, 0.25) is 0 Å². The van der Waals surface area contributed by atoms with Crippen molar-refractivity contribution < 1.29 is 9.47 Å². The molecule has 1 aromatic carbocycles. The van der Waals surface area contributed by atoms with Crippen molar-refractivity contribution in [2.45, 2.75) is 12.5 Å². The van der Waals surface area contributed by atoms with Crippen LogP contribution in [0.3, 0.4) is 0 Å². The van der Waals surface area contributed by atoms with E-state index < -0.39 is 0 Å². The van der Waals surface area contributed by atoms with Gasteiger partial charge in [0, 0.05) is 6.54 Å². The number of rotatable bonds is 3. The molecule has 0 aromatic heterocycles. The molecule has 2 rings (SSSR count). The molecule has 1 heterocycles. The zero-order chi connectivity index (χ0) is 10.7. The summed E-state index contributed by atoms with van der Waals surface area (Å²) in [5, 5.41) is 3.27. The lowest BCUT2D eigenvalue weighted by atomic mass is 10.3. The molecule has 1 atom stereocenters. The molecule has 1 fully saturated rings. The van der Waals surface area contributed by atoms with E-state index in [2.05, 4.69) is 21.2 Å². The van der Waals surface area contributed by atoms with Crippen molar-refractivity contribution >= 4 is 15.9 Å². The van der Waals surface area contributed by atoms with Crippen molar-refractivity contribution in [3.8, 4) is 11.5 Å². The fourth-order valence-corrected chi connectivity index (χ4v) is 2.16. The first-order valence-corrected chi connectivity index (χ1v) is 5.80. The highest BCUT2D eigenvalue weighted by Gasteiger charge is 2.16. The minimum Gasteiger partial charge on any atom is -0.496 e. The van der Waals surface area contributed by atoms with Crippen molar-refractivity contribution in [3.05, 3.63) is 22.7 Å². The third-order valence-corrected chi connectivity index (χ3v) is 3.06. The van der Waals surface area contributed by atoms with Gasteiger partial charge >= 0.3 is 0 Å². The van der Waals surface area contributed by atoms with Crippen molar-refractivity contribution in [2.24, 2.45) is 0 Å². The van der Waals surface area contributed by atoms with Gasteiger partial charge in [0.1, 0.15) is 17.6 Å². The minimum absolute atomic E-state index is 0.297. The topological polar surface area (TPSA) is 30.5 Å². The van der Waals surface area contributed by atoms with Gasteiger partial charge in [-0.25, -0.2) is 0 Å². The van der Waals surface area contributed by atoms with Gasteiger partial charge in [0.15, 0.2) is 0 Å². The van der Waals surface area contributed by atoms with Crippen LogP contribution in [0.1, 0.15) is 6.42 Å². The first-order chi connectivity index (χ1) is 7.29. The number of hydrogen-bond donors (Lipinski definition) is 1. The number of benzene rings is 1. The molecule has 3 nitrogen and oxygen atoms in total. The second kappa shape index (κ2) is 4.86. The van der Waals surface area contributed by atoms with Gasteiger partial charge in [0.05, 0.1) is 11.6 Å². The first-order valence-electron chi connectivity index (χ1n) is 5.00. The first kappa shape index (κ1) is 10.8. The zero-order valence-corrected chi connectivity index (χ0v) is 10.2.